The van der Waals surface area contributed by atoms with Crippen LogP contribution in [0.2, 0.25) is 0 Å². The molecule has 0 spiro atoms. The maximum absolute atomic E-state index is 12.6. The molecule has 156 valence electrons. The molecule has 0 aliphatic heterocycles. The molecule has 6 atom stereocenters. The van der Waals surface area contributed by atoms with E-state index < -0.39 is 5.60 Å². The van der Waals surface area contributed by atoms with Gasteiger partial charge in [-0.3, -0.25) is 4.79 Å². The third-order valence-electron chi connectivity index (χ3n) is 9.01. The van der Waals surface area contributed by atoms with Crippen molar-refractivity contribution in [2.75, 3.05) is 20.2 Å². The van der Waals surface area contributed by atoms with Gasteiger partial charge in [-0.05, 0) is 68.9 Å². The van der Waals surface area contributed by atoms with E-state index in [9.17, 15) is 9.90 Å². The molecule has 0 radical (unpaired) electrons. The number of likely N-dealkylation sites (N-methyl/N-ethyl adjacent to an activating group) is 1. The average molecular weight is 389 g/mol. The number of nitrogens with one attached hydrogen (secondary N) is 1. The van der Waals surface area contributed by atoms with Gasteiger partial charge < -0.3 is 15.3 Å². The molecule has 4 rings (SSSR count). The molecule has 0 bridgehead atoms. The number of nitrogens with zero attached hydrogens (tertiary/aromatic N) is 1. The summed E-state index contributed by atoms with van der Waals surface area (Å²) in [5.74, 6) is 1.85. The lowest BCUT2D eigenvalue weighted by Crippen LogP contribution is -2.63. The number of rotatable bonds is 4. The Kier molecular flexibility index (Phi) is 4.98. The van der Waals surface area contributed by atoms with E-state index in [-0.39, 0.29) is 10.8 Å². The summed E-state index contributed by atoms with van der Waals surface area (Å²) in [6.07, 6.45) is 6.93. The highest BCUT2D eigenvalue weighted by molar-refractivity contribution is 5.88. The quantitative estimate of drug-likeness (QED) is 0.439. The number of oxime groups is 1. The van der Waals surface area contributed by atoms with Crippen molar-refractivity contribution >= 4 is 11.5 Å². The first-order valence-electron chi connectivity index (χ1n) is 11.0. The van der Waals surface area contributed by atoms with Crippen molar-refractivity contribution < 1.29 is 14.7 Å². The van der Waals surface area contributed by atoms with Crippen LogP contribution in [0.1, 0.15) is 65.2 Å². The summed E-state index contributed by atoms with van der Waals surface area (Å²) in [4.78, 5) is 18.0. The summed E-state index contributed by atoms with van der Waals surface area (Å²) in [5.41, 5.74) is 0.656. The number of Topliss-reactive ketones (excluding diaryl/α,β-unsaturated/α-hetero) is 1. The van der Waals surface area contributed by atoms with Crippen molar-refractivity contribution in [2.24, 2.45) is 33.7 Å². The van der Waals surface area contributed by atoms with E-state index in [1.54, 1.807) is 0 Å². The minimum Gasteiger partial charge on any atom is -0.394 e. The Labute approximate surface area is 169 Å². The number of aliphatic hydroxyl groups is 1. The fourth-order valence-corrected chi connectivity index (χ4v) is 7.17. The predicted molar refractivity (Wildman–Crippen MR) is 110 cm³/mol. The highest BCUT2D eigenvalue weighted by Crippen LogP contribution is 2.67. The molecule has 0 heterocycles. The molecule has 0 aromatic heterocycles. The summed E-state index contributed by atoms with van der Waals surface area (Å²) in [7, 11) is 1.89. The Balaban J connectivity index is 1.58. The van der Waals surface area contributed by atoms with Crippen LogP contribution < -0.4 is 5.32 Å². The summed E-state index contributed by atoms with van der Waals surface area (Å²) in [6, 6.07) is 0. The standard InChI is InChI=1S/C23H36N2O3/c1-15-13-17-18-5-6-20(26)21(18,2)9-8-19(17)22(3)10-7-16(14-23(15,22)27)25-28-12-11-24-4/h17-19,24,27H,1,5-14H2,2-4H3/b25-16-/t17-,18-,19-,21-,22+,23-/m0/s1. The molecule has 0 aromatic carbocycles. The number of ketones is 1. The molecule has 0 unspecified atom stereocenters. The van der Waals surface area contributed by atoms with Gasteiger partial charge >= 0.3 is 0 Å². The first-order chi connectivity index (χ1) is 13.3. The van der Waals surface area contributed by atoms with Gasteiger partial charge in [-0.25, -0.2) is 0 Å². The second kappa shape index (κ2) is 6.94. The molecule has 4 fully saturated rings. The third kappa shape index (κ3) is 2.72. The summed E-state index contributed by atoms with van der Waals surface area (Å²) >= 11 is 0. The zero-order valence-electron chi connectivity index (χ0n) is 17.7. The number of hydrogen-bond acceptors (Lipinski definition) is 5. The minimum atomic E-state index is -0.909. The highest BCUT2D eigenvalue weighted by atomic mass is 16.6. The van der Waals surface area contributed by atoms with Gasteiger partial charge in [0.1, 0.15) is 12.4 Å². The van der Waals surface area contributed by atoms with E-state index in [1.807, 2.05) is 7.05 Å². The summed E-state index contributed by atoms with van der Waals surface area (Å²) in [5, 5.41) is 19.2. The minimum absolute atomic E-state index is 0.143. The van der Waals surface area contributed by atoms with E-state index in [0.29, 0.717) is 36.6 Å². The van der Waals surface area contributed by atoms with Crippen LogP contribution in [-0.2, 0) is 9.63 Å². The van der Waals surface area contributed by atoms with Gasteiger partial charge in [0.25, 0.3) is 0 Å². The SMILES string of the molecule is C=C1C[C@H]2[C@@H]3CCC(=O)[C@@]3(C)CC[C@@H]2[C@@]2(C)CC/C(=N/OCCNC)C[C@]12O. The fraction of sp³-hybridized carbons (Fsp3) is 0.826. The van der Waals surface area contributed by atoms with Crippen molar-refractivity contribution in [1.29, 1.82) is 0 Å². The molecule has 4 saturated carbocycles. The Bertz CT molecular complexity index is 704. The molecule has 0 amide bonds. The van der Waals surface area contributed by atoms with Gasteiger partial charge in [0, 0.05) is 30.2 Å². The number of carbonyl (C=O) groups is 1. The average Bonchev–Trinajstić information content (AvgIpc) is 2.96. The number of carbonyl (C=O) groups excluding carboxylic acids is 1. The fourth-order valence-electron chi connectivity index (χ4n) is 7.17. The first-order valence-corrected chi connectivity index (χ1v) is 11.0. The Morgan fingerprint density at radius 3 is 2.79 bits per heavy atom. The highest BCUT2D eigenvalue weighted by Gasteiger charge is 2.65. The van der Waals surface area contributed by atoms with E-state index in [2.05, 4.69) is 30.9 Å². The van der Waals surface area contributed by atoms with Gasteiger partial charge in [0.2, 0.25) is 0 Å². The summed E-state index contributed by atoms with van der Waals surface area (Å²) < 4.78 is 0. The van der Waals surface area contributed by atoms with E-state index in [0.717, 1.165) is 62.8 Å². The molecule has 4 aliphatic rings. The molecular formula is C23H36N2O3. The van der Waals surface area contributed by atoms with Crippen LogP contribution in [0.5, 0.6) is 0 Å². The van der Waals surface area contributed by atoms with E-state index in [4.69, 9.17) is 4.84 Å². The van der Waals surface area contributed by atoms with Crippen molar-refractivity contribution in [3.63, 3.8) is 0 Å². The lowest BCUT2D eigenvalue weighted by atomic mass is 9.43. The molecule has 0 aromatic rings. The van der Waals surface area contributed by atoms with Gasteiger partial charge in [-0.1, -0.05) is 25.6 Å². The molecule has 0 saturated heterocycles. The van der Waals surface area contributed by atoms with Crippen molar-refractivity contribution in [3.8, 4) is 0 Å². The van der Waals surface area contributed by atoms with Crippen LogP contribution in [0.3, 0.4) is 0 Å². The lowest BCUT2D eigenvalue weighted by Gasteiger charge is -2.63. The number of hydrogen-bond donors (Lipinski definition) is 2. The monoisotopic (exact) mass is 388 g/mol. The zero-order valence-corrected chi connectivity index (χ0v) is 17.7. The maximum Gasteiger partial charge on any atom is 0.139 e. The largest absolute Gasteiger partial charge is 0.394 e. The van der Waals surface area contributed by atoms with E-state index >= 15 is 0 Å². The summed E-state index contributed by atoms with van der Waals surface area (Å²) in [6.45, 7) is 10.1. The maximum atomic E-state index is 12.6. The van der Waals surface area contributed by atoms with Crippen LogP contribution in [-0.4, -0.2) is 42.4 Å². The molecule has 28 heavy (non-hydrogen) atoms. The normalized spacial score (nSPS) is 46.9. The van der Waals surface area contributed by atoms with Gasteiger partial charge in [-0.15, -0.1) is 0 Å². The second-order valence-corrected chi connectivity index (χ2v) is 10.2. The van der Waals surface area contributed by atoms with Crippen LogP contribution in [0.25, 0.3) is 0 Å². The van der Waals surface area contributed by atoms with Crippen LogP contribution in [0.15, 0.2) is 17.3 Å². The molecular weight excluding hydrogens is 352 g/mol. The molecule has 4 aliphatic carbocycles. The molecule has 2 N–H and O–H groups in total. The van der Waals surface area contributed by atoms with Gasteiger partial charge in [0.05, 0.1) is 11.3 Å². The van der Waals surface area contributed by atoms with Crippen molar-refractivity contribution in [1.82, 2.24) is 5.32 Å². The lowest BCUT2D eigenvalue weighted by molar-refractivity contribution is -0.161. The first kappa shape index (κ1) is 20.1. The predicted octanol–water partition coefficient (Wildman–Crippen LogP) is 3.47. The third-order valence-corrected chi connectivity index (χ3v) is 9.01. The number of fused-ring (bicyclic) bond motifs is 5. The van der Waals surface area contributed by atoms with E-state index in [1.165, 1.54) is 0 Å². The van der Waals surface area contributed by atoms with Crippen LogP contribution >= 0.6 is 0 Å². The molecule has 5 heteroatoms. The van der Waals surface area contributed by atoms with Crippen molar-refractivity contribution in [3.05, 3.63) is 12.2 Å². The van der Waals surface area contributed by atoms with Crippen molar-refractivity contribution in [2.45, 2.75) is 70.8 Å². The smallest absolute Gasteiger partial charge is 0.139 e. The second-order valence-electron chi connectivity index (χ2n) is 10.2. The Hall–Kier alpha value is -1.20. The Morgan fingerprint density at radius 2 is 2.04 bits per heavy atom. The van der Waals surface area contributed by atoms with Crippen LogP contribution in [0.4, 0.5) is 0 Å². The van der Waals surface area contributed by atoms with Gasteiger partial charge in [-0.2, -0.15) is 0 Å². The zero-order chi connectivity index (χ0) is 20.2. The molecule has 5 nitrogen and oxygen atoms in total. The van der Waals surface area contributed by atoms with Crippen LogP contribution in [0, 0.1) is 28.6 Å². The Morgan fingerprint density at radius 1 is 1.25 bits per heavy atom. The topological polar surface area (TPSA) is 70.9 Å². The van der Waals surface area contributed by atoms with Gasteiger partial charge in [0.15, 0.2) is 0 Å².